The van der Waals surface area contributed by atoms with E-state index in [2.05, 4.69) is 5.32 Å². The van der Waals surface area contributed by atoms with Gasteiger partial charge >= 0.3 is 6.09 Å². The first-order valence-electron chi connectivity index (χ1n) is 14.0. The number of hydrogen-bond donors (Lipinski definition) is 1. The minimum atomic E-state index is -0.565. The molecule has 1 N–H and O–H groups in total. The minimum Gasteiger partial charge on any atom is -0.493 e. The topological polar surface area (TPSA) is 86.3 Å². The number of nitrogens with zero attached hydrogens (tertiary/aromatic N) is 1. The maximum absolute atomic E-state index is 13.4. The molecule has 11 heteroatoms. The summed E-state index contributed by atoms with van der Waals surface area (Å²) in [4.78, 5) is 25.8. The average Bonchev–Trinajstić information content (AvgIpc) is 3.44. The highest BCUT2D eigenvalue weighted by Gasteiger charge is 2.28. The molecule has 0 aliphatic carbocycles. The number of ether oxygens (including phenoxy) is 4. The van der Waals surface area contributed by atoms with E-state index in [1.54, 1.807) is 29.2 Å². The molecular weight excluding hydrogens is 598 g/mol. The number of hydrogen-bond acceptors (Lipinski definition) is 6. The number of rotatable bonds is 6. The predicted molar refractivity (Wildman–Crippen MR) is 163 cm³/mol. The van der Waals surface area contributed by atoms with Gasteiger partial charge < -0.3 is 29.2 Å². The summed E-state index contributed by atoms with van der Waals surface area (Å²) in [6.45, 7) is 8.03. The van der Waals surface area contributed by atoms with Crippen LogP contribution in [0.25, 0.3) is 0 Å². The molecule has 5 rings (SSSR count). The fourth-order valence-electron chi connectivity index (χ4n) is 4.48. The van der Waals surface area contributed by atoms with Gasteiger partial charge in [0, 0.05) is 47.2 Å². The van der Waals surface area contributed by atoms with Crippen LogP contribution >= 0.6 is 23.2 Å². The van der Waals surface area contributed by atoms with E-state index in [1.165, 1.54) is 18.2 Å². The number of likely N-dealkylation sites (tertiary alicyclic amines) is 1. The molecular formula is C32H35Cl2FN2O6. The average molecular weight is 634 g/mol. The highest BCUT2D eigenvalue weighted by Crippen LogP contribution is 2.35. The zero-order valence-electron chi connectivity index (χ0n) is 24.3. The Morgan fingerprint density at radius 2 is 1.74 bits per heavy atom. The van der Waals surface area contributed by atoms with Crippen LogP contribution in [0.5, 0.6) is 17.2 Å². The third-order valence-electron chi connectivity index (χ3n) is 6.61. The van der Waals surface area contributed by atoms with Crippen molar-refractivity contribution >= 4 is 35.2 Å². The van der Waals surface area contributed by atoms with Gasteiger partial charge in [0.25, 0.3) is 5.91 Å². The Morgan fingerprint density at radius 3 is 2.47 bits per heavy atom. The molecule has 1 fully saturated rings. The van der Waals surface area contributed by atoms with Crippen molar-refractivity contribution in [3.63, 3.8) is 0 Å². The van der Waals surface area contributed by atoms with Crippen molar-refractivity contribution in [1.82, 2.24) is 10.2 Å². The summed E-state index contributed by atoms with van der Waals surface area (Å²) in [6.07, 6.45) is 1.77. The van der Waals surface area contributed by atoms with E-state index in [0.717, 1.165) is 30.9 Å². The number of halogens is 3. The van der Waals surface area contributed by atoms with Crippen LogP contribution < -0.4 is 19.5 Å². The summed E-state index contributed by atoms with van der Waals surface area (Å²) >= 11 is 12.0. The Bertz CT molecular complexity index is 1410. The zero-order chi connectivity index (χ0) is 31.0. The molecule has 8 nitrogen and oxygen atoms in total. The predicted octanol–water partition coefficient (Wildman–Crippen LogP) is 7.50. The lowest BCUT2D eigenvalue weighted by atomic mass is 9.99. The maximum Gasteiger partial charge on any atom is 0.410 e. The van der Waals surface area contributed by atoms with Gasteiger partial charge in [-0.3, -0.25) is 4.79 Å². The van der Waals surface area contributed by atoms with Crippen LogP contribution in [-0.2, 0) is 11.3 Å². The molecule has 0 radical (unpaired) electrons. The summed E-state index contributed by atoms with van der Waals surface area (Å²) in [5.41, 5.74) is 0.133. The largest absolute Gasteiger partial charge is 0.493 e. The smallest absolute Gasteiger partial charge is 0.410 e. The third-order valence-corrected chi connectivity index (χ3v) is 7.31. The molecule has 2 heterocycles. The lowest BCUT2D eigenvalue weighted by molar-refractivity contribution is 0.0139. The van der Waals surface area contributed by atoms with E-state index in [4.69, 9.17) is 42.1 Å². The molecule has 43 heavy (non-hydrogen) atoms. The van der Waals surface area contributed by atoms with Crippen LogP contribution in [0, 0.1) is 11.7 Å². The summed E-state index contributed by atoms with van der Waals surface area (Å²) in [5, 5.41) is 3.51. The van der Waals surface area contributed by atoms with Gasteiger partial charge in [-0.05, 0) is 70.0 Å². The van der Waals surface area contributed by atoms with E-state index >= 15 is 0 Å². The summed E-state index contributed by atoms with van der Waals surface area (Å²) in [7, 11) is 0. The fourth-order valence-corrected chi connectivity index (χ4v) is 5.02. The Hall–Kier alpha value is -3.69. The molecule has 3 aromatic carbocycles. The molecule has 2 amide bonds. The van der Waals surface area contributed by atoms with Crippen molar-refractivity contribution in [2.75, 3.05) is 26.5 Å². The van der Waals surface area contributed by atoms with Gasteiger partial charge in [-0.2, -0.15) is 0 Å². The molecule has 0 spiro atoms. The molecule has 1 saturated heterocycles. The highest BCUT2D eigenvalue weighted by atomic mass is 35.5. The molecule has 0 bridgehead atoms. The van der Waals surface area contributed by atoms with Gasteiger partial charge in [0.15, 0.2) is 11.5 Å². The molecule has 0 aromatic heterocycles. The van der Waals surface area contributed by atoms with Crippen LogP contribution in [0.15, 0.2) is 60.7 Å². The van der Waals surface area contributed by atoms with Crippen LogP contribution in [0.3, 0.4) is 0 Å². The summed E-state index contributed by atoms with van der Waals surface area (Å²) in [5.74, 6) is 1.45. The van der Waals surface area contributed by atoms with Gasteiger partial charge in [0.1, 0.15) is 17.2 Å². The van der Waals surface area contributed by atoms with Gasteiger partial charge in [-0.1, -0.05) is 41.4 Å². The monoisotopic (exact) mass is 632 g/mol. The first kappa shape index (κ1) is 32.2. The molecule has 2 aliphatic rings. The van der Waals surface area contributed by atoms with Crippen LogP contribution in [0.2, 0.25) is 10.0 Å². The van der Waals surface area contributed by atoms with Crippen molar-refractivity contribution < 1.29 is 32.9 Å². The Kier molecular flexibility index (Phi) is 11.0. The Labute approximate surface area is 261 Å². The van der Waals surface area contributed by atoms with E-state index < -0.39 is 17.3 Å². The number of carbonyl (C=O) groups is 2. The second-order valence-corrected chi connectivity index (χ2v) is 11.9. The number of amides is 2. The van der Waals surface area contributed by atoms with Gasteiger partial charge in [-0.25, -0.2) is 9.18 Å². The quantitative estimate of drug-likeness (QED) is 0.303. The van der Waals surface area contributed by atoms with Crippen molar-refractivity contribution in [2.24, 2.45) is 5.92 Å². The number of carbonyl (C=O) groups excluding carboxylic acids is 2. The van der Waals surface area contributed by atoms with Gasteiger partial charge in [0.2, 0.25) is 6.79 Å². The normalized spacial score (nSPS) is 15.7. The molecule has 230 valence electrons. The van der Waals surface area contributed by atoms with Gasteiger partial charge in [0.05, 0.1) is 12.2 Å². The maximum atomic E-state index is 13.4. The Balaban J connectivity index is 0.000000203. The first-order valence-corrected chi connectivity index (χ1v) is 14.7. The van der Waals surface area contributed by atoms with Crippen LogP contribution in [0.1, 0.15) is 49.5 Å². The number of nitrogens with one attached hydrogen (secondary N) is 1. The molecule has 1 unspecified atom stereocenters. The van der Waals surface area contributed by atoms with Crippen molar-refractivity contribution in [3.05, 3.63) is 87.7 Å². The lowest BCUT2D eigenvalue weighted by Gasteiger charge is -2.34. The van der Waals surface area contributed by atoms with E-state index in [0.29, 0.717) is 40.4 Å². The van der Waals surface area contributed by atoms with Crippen LogP contribution in [-0.4, -0.2) is 49.0 Å². The molecule has 2 aliphatic heterocycles. The third kappa shape index (κ3) is 9.40. The van der Waals surface area contributed by atoms with E-state index in [-0.39, 0.29) is 25.0 Å². The van der Waals surface area contributed by atoms with Crippen molar-refractivity contribution in [2.45, 2.75) is 45.8 Å². The van der Waals surface area contributed by atoms with Crippen molar-refractivity contribution in [3.8, 4) is 17.2 Å². The Morgan fingerprint density at radius 1 is 1.02 bits per heavy atom. The molecule has 0 saturated carbocycles. The molecule has 1 atom stereocenters. The first-order chi connectivity index (χ1) is 20.5. The van der Waals surface area contributed by atoms with E-state index in [1.807, 2.05) is 39.0 Å². The zero-order valence-corrected chi connectivity index (χ0v) is 25.8. The molecule has 3 aromatic rings. The van der Waals surface area contributed by atoms with Crippen molar-refractivity contribution in [1.29, 1.82) is 0 Å². The fraction of sp³-hybridized carbons (Fsp3) is 0.375. The number of benzene rings is 3. The second kappa shape index (κ2) is 14.7. The SMILES string of the molecule is CC(C)(C)OC(=O)N1CCCC(COc2ccc3c(c2)OCO3)C1.O=C(NCc1c(Cl)cccc1Cl)c1ccccc1F. The number of fused-ring (bicyclic) bond motifs is 1. The van der Waals surface area contributed by atoms with E-state index in [9.17, 15) is 14.0 Å². The highest BCUT2D eigenvalue weighted by molar-refractivity contribution is 6.36. The standard InChI is InChI=1S/C18H25NO5.C14H10Cl2FNO/c1-18(2,3)24-17(20)19-8-4-5-13(10-19)11-21-14-6-7-15-16(9-14)23-12-22-15;15-11-5-3-6-12(16)10(11)8-18-14(19)9-4-1-2-7-13(9)17/h6-7,9,13H,4-5,8,10-12H2,1-3H3;1-7H,8H2,(H,18,19). The minimum absolute atomic E-state index is 0.00863. The second-order valence-electron chi connectivity index (χ2n) is 11.1. The summed E-state index contributed by atoms with van der Waals surface area (Å²) in [6, 6.07) is 16.4. The van der Waals surface area contributed by atoms with Gasteiger partial charge in [-0.15, -0.1) is 0 Å². The lowest BCUT2D eigenvalue weighted by Crippen LogP contribution is -2.44. The number of piperidine rings is 1. The van der Waals surface area contributed by atoms with Crippen LogP contribution in [0.4, 0.5) is 9.18 Å². The summed E-state index contributed by atoms with van der Waals surface area (Å²) < 4.78 is 35.4.